The van der Waals surface area contributed by atoms with E-state index in [0.29, 0.717) is 11.1 Å². The second-order valence-corrected chi connectivity index (χ2v) is 5.54. The number of nitrogens with zero attached hydrogens (tertiary/aromatic N) is 1. The first kappa shape index (κ1) is 13.7. The summed E-state index contributed by atoms with van der Waals surface area (Å²) in [5, 5.41) is 13.4. The number of benzene rings is 1. The van der Waals surface area contributed by atoms with Crippen molar-refractivity contribution in [3.8, 4) is 5.75 Å². The molecule has 0 saturated carbocycles. The van der Waals surface area contributed by atoms with Gasteiger partial charge in [-0.3, -0.25) is 0 Å². The Kier molecular flexibility index (Phi) is 4.87. The highest BCUT2D eigenvalue weighted by Gasteiger charge is 2.14. The first-order chi connectivity index (χ1) is 8.65. The lowest BCUT2D eigenvalue weighted by molar-refractivity contribution is 0.256. The molecule has 4 heteroatoms. The molecule has 1 aromatic carbocycles. The first-order valence-electron chi connectivity index (χ1n) is 6.54. The van der Waals surface area contributed by atoms with E-state index >= 15 is 0 Å². The highest BCUT2D eigenvalue weighted by Crippen LogP contribution is 2.24. The van der Waals surface area contributed by atoms with E-state index in [9.17, 15) is 5.11 Å². The Balaban J connectivity index is 1.85. The summed E-state index contributed by atoms with van der Waals surface area (Å²) in [5.74, 6) is 0.150. The highest BCUT2D eigenvalue weighted by molar-refractivity contribution is 6.32. The highest BCUT2D eigenvalue weighted by atomic mass is 35.5. The fraction of sp³-hybridized carbons (Fsp3) is 0.571. The second kappa shape index (κ2) is 6.41. The Hall–Kier alpha value is -0.770. The molecular formula is C14H21ClN2O. The van der Waals surface area contributed by atoms with Crippen molar-refractivity contribution in [3.63, 3.8) is 0 Å². The molecule has 1 atom stereocenters. The van der Waals surface area contributed by atoms with E-state index in [1.807, 2.05) is 12.1 Å². The van der Waals surface area contributed by atoms with Gasteiger partial charge in [0.2, 0.25) is 0 Å². The summed E-state index contributed by atoms with van der Waals surface area (Å²) < 4.78 is 0. The molecule has 1 aliphatic rings. The molecular weight excluding hydrogens is 248 g/mol. The van der Waals surface area contributed by atoms with Gasteiger partial charge in [0.05, 0.1) is 5.02 Å². The third-order valence-corrected chi connectivity index (χ3v) is 3.71. The van der Waals surface area contributed by atoms with Gasteiger partial charge in [0.15, 0.2) is 0 Å². The van der Waals surface area contributed by atoms with Crippen molar-refractivity contribution in [2.75, 3.05) is 20.1 Å². The maximum absolute atomic E-state index is 9.38. The van der Waals surface area contributed by atoms with Crippen molar-refractivity contribution in [3.05, 3.63) is 28.8 Å². The average molecular weight is 269 g/mol. The molecule has 0 aromatic heterocycles. The van der Waals surface area contributed by atoms with Crippen LogP contribution in [0.1, 0.15) is 24.8 Å². The van der Waals surface area contributed by atoms with Crippen LogP contribution in [0.15, 0.2) is 18.2 Å². The number of nitrogens with one attached hydrogen (secondary N) is 1. The zero-order valence-electron chi connectivity index (χ0n) is 10.8. The standard InChI is InChI=1S/C14H21ClN2O/c1-17(10-12-4-2-3-7-16-12)9-11-5-6-14(18)13(15)8-11/h5-6,8,12,16,18H,2-4,7,9-10H2,1H3. The molecule has 2 N–H and O–H groups in total. The zero-order valence-corrected chi connectivity index (χ0v) is 11.6. The van der Waals surface area contributed by atoms with Crippen molar-refractivity contribution >= 4 is 11.6 Å². The number of hydrogen-bond acceptors (Lipinski definition) is 3. The van der Waals surface area contributed by atoms with Crippen LogP contribution in [0.3, 0.4) is 0 Å². The molecule has 0 spiro atoms. The number of hydrogen-bond donors (Lipinski definition) is 2. The fourth-order valence-corrected chi connectivity index (χ4v) is 2.68. The van der Waals surface area contributed by atoms with Crippen molar-refractivity contribution in [1.29, 1.82) is 0 Å². The Labute approximate surface area is 114 Å². The van der Waals surface area contributed by atoms with Crippen LogP contribution in [-0.4, -0.2) is 36.2 Å². The SMILES string of the molecule is CN(Cc1ccc(O)c(Cl)c1)CC1CCCCN1. The normalized spacial score (nSPS) is 20.3. The Morgan fingerprint density at radius 3 is 2.94 bits per heavy atom. The van der Waals surface area contributed by atoms with E-state index in [1.165, 1.54) is 19.3 Å². The molecule has 1 fully saturated rings. The fourth-order valence-electron chi connectivity index (χ4n) is 2.48. The van der Waals surface area contributed by atoms with E-state index < -0.39 is 0 Å². The minimum absolute atomic E-state index is 0.150. The molecule has 1 aromatic rings. The van der Waals surface area contributed by atoms with E-state index in [0.717, 1.165) is 25.2 Å². The van der Waals surface area contributed by atoms with E-state index in [-0.39, 0.29) is 5.75 Å². The topological polar surface area (TPSA) is 35.5 Å². The maximum atomic E-state index is 9.38. The summed E-state index contributed by atoms with van der Waals surface area (Å²) in [5.41, 5.74) is 1.14. The van der Waals surface area contributed by atoms with Gasteiger partial charge in [0, 0.05) is 19.1 Å². The number of halogens is 1. The number of likely N-dealkylation sites (N-methyl/N-ethyl adjacent to an activating group) is 1. The summed E-state index contributed by atoms with van der Waals surface area (Å²) in [6.45, 7) is 3.06. The smallest absolute Gasteiger partial charge is 0.134 e. The monoisotopic (exact) mass is 268 g/mol. The van der Waals surface area contributed by atoms with Gasteiger partial charge in [0.25, 0.3) is 0 Å². The molecule has 0 bridgehead atoms. The average Bonchev–Trinajstić information content (AvgIpc) is 2.35. The molecule has 1 saturated heterocycles. The lowest BCUT2D eigenvalue weighted by Gasteiger charge is -2.28. The van der Waals surface area contributed by atoms with Crippen molar-refractivity contribution in [1.82, 2.24) is 10.2 Å². The quantitative estimate of drug-likeness (QED) is 0.881. The Morgan fingerprint density at radius 1 is 1.44 bits per heavy atom. The minimum atomic E-state index is 0.150. The van der Waals surface area contributed by atoms with Crippen LogP contribution in [0.5, 0.6) is 5.75 Å². The van der Waals surface area contributed by atoms with Crippen molar-refractivity contribution in [2.24, 2.45) is 0 Å². The van der Waals surface area contributed by atoms with Crippen molar-refractivity contribution < 1.29 is 5.11 Å². The molecule has 0 radical (unpaired) electrons. The predicted molar refractivity (Wildman–Crippen MR) is 75.1 cm³/mol. The molecule has 0 amide bonds. The van der Waals surface area contributed by atoms with E-state index in [1.54, 1.807) is 6.07 Å². The summed E-state index contributed by atoms with van der Waals surface area (Å²) in [6.07, 6.45) is 3.89. The molecule has 2 rings (SSSR count). The summed E-state index contributed by atoms with van der Waals surface area (Å²) in [7, 11) is 2.12. The number of rotatable bonds is 4. The van der Waals surface area contributed by atoms with Gasteiger partial charge in [-0.15, -0.1) is 0 Å². The third kappa shape index (κ3) is 3.87. The van der Waals surface area contributed by atoms with Crippen molar-refractivity contribution in [2.45, 2.75) is 31.8 Å². The van der Waals surface area contributed by atoms with Crippen LogP contribution < -0.4 is 5.32 Å². The second-order valence-electron chi connectivity index (χ2n) is 5.13. The number of phenols is 1. The summed E-state index contributed by atoms with van der Waals surface area (Å²) >= 11 is 5.91. The molecule has 0 aliphatic carbocycles. The summed E-state index contributed by atoms with van der Waals surface area (Å²) in [6, 6.07) is 6.02. The Bertz CT molecular complexity index is 391. The lowest BCUT2D eigenvalue weighted by atomic mass is 10.0. The number of phenolic OH excluding ortho intramolecular Hbond substituents is 1. The Morgan fingerprint density at radius 2 is 2.28 bits per heavy atom. The molecule has 1 aliphatic heterocycles. The van der Waals surface area contributed by atoms with Gasteiger partial charge >= 0.3 is 0 Å². The van der Waals surface area contributed by atoms with Crippen LogP contribution in [0.2, 0.25) is 5.02 Å². The van der Waals surface area contributed by atoms with Crippen LogP contribution >= 0.6 is 11.6 Å². The van der Waals surface area contributed by atoms with Gasteiger partial charge in [-0.25, -0.2) is 0 Å². The van der Waals surface area contributed by atoms with Gasteiger partial charge in [-0.2, -0.15) is 0 Å². The van der Waals surface area contributed by atoms with Crippen LogP contribution in [0.4, 0.5) is 0 Å². The third-order valence-electron chi connectivity index (χ3n) is 3.41. The molecule has 1 unspecified atom stereocenters. The van der Waals surface area contributed by atoms with Crippen LogP contribution in [0.25, 0.3) is 0 Å². The minimum Gasteiger partial charge on any atom is -0.506 e. The van der Waals surface area contributed by atoms with Gasteiger partial charge < -0.3 is 15.3 Å². The maximum Gasteiger partial charge on any atom is 0.134 e. The molecule has 3 nitrogen and oxygen atoms in total. The largest absolute Gasteiger partial charge is 0.506 e. The number of piperidine rings is 1. The van der Waals surface area contributed by atoms with Gasteiger partial charge in [-0.05, 0) is 44.1 Å². The molecule has 18 heavy (non-hydrogen) atoms. The van der Waals surface area contributed by atoms with E-state index in [4.69, 9.17) is 11.6 Å². The summed E-state index contributed by atoms with van der Waals surface area (Å²) in [4.78, 5) is 2.30. The van der Waals surface area contributed by atoms with Gasteiger partial charge in [0.1, 0.15) is 5.75 Å². The molecule has 1 heterocycles. The first-order valence-corrected chi connectivity index (χ1v) is 6.92. The predicted octanol–water partition coefficient (Wildman–Crippen LogP) is 2.62. The van der Waals surface area contributed by atoms with Crippen LogP contribution in [-0.2, 0) is 6.54 Å². The number of aromatic hydroxyl groups is 1. The zero-order chi connectivity index (χ0) is 13.0. The van der Waals surface area contributed by atoms with Crippen LogP contribution in [0, 0.1) is 0 Å². The molecule has 100 valence electrons. The van der Waals surface area contributed by atoms with E-state index in [2.05, 4.69) is 17.3 Å². The van der Waals surface area contributed by atoms with Gasteiger partial charge in [-0.1, -0.05) is 24.1 Å². The lowest BCUT2D eigenvalue weighted by Crippen LogP contribution is -2.42.